The summed E-state index contributed by atoms with van der Waals surface area (Å²) in [5.41, 5.74) is 4.90. The molecule has 2 aromatic carbocycles. The summed E-state index contributed by atoms with van der Waals surface area (Å²) in [5, 5.41) is 10.9. The topological polar surface area (TPSA) is 37.3 Å². The second-order valence-corrected chi connectivity index (χ2v) is 9.69. The summed E-state index contributed by atoms with van der Waals surface area (Å²) in [5.74, 6) is 0.0495. The predicted molar refractivity (Wildman–Crippen MR) is 121 cm³/mol. The third-order valence-corrected chi connectivity index (χ3v) is 5.35. The summed E-state index contributed by atoms with van der Waals surface area (Å²) in [6.07, 6.45) is 5.38. The molecule has 0 aromatic heterocycles. The van der Waals surface area contributed by atoms with E-state index in [1.54, 1.807) is 12.2 Å². The quantitative estimate of drug-likeness (QED) is 0.459. The zero-order valence-electron chi connectivity index (χ0n) is 18.2. The first-order valence-corrected chi connectivity index (χ1v) is 10.1. The largest absolute Gasteiger partial charge is 0.507 e. The van der Waals surface area contributed by atoms with Crippen molar-refractivity contribution < 1.29 is 9.90 Å². The molecule has 0 aliphatic heterocycles. The van der Waals surface area contributed by atoms with Gasteiger partial charge in [0.25, 0.3) is 0 Å². The average molecular weight is 387 g/mol. The smallest absolute Gasteiger partial charge is 0.193 e. The highest BCUT2D eigenvalue weighted by Crippen LogP contribution is 2.31. The Bertz CT molecular complexity index is 1000. The molecular weight excluding hydrogens is 356 g/mol. The van der Waals surface area contributed by atoms with Crippen LogP contribution in [-0.2, 0) is 10.8 Å². The number of hydrogen-bond donors (Lipinski definition) is 1. The highest BCUT2D eigenvalue weighted by molar-refractivity contribution is 6.14. The zero-order chi connectivity index (χ0) is 21.4. The summed E-state index contributed by atoms with van der Waals surface area (Å²) in [4.78, 5) is 13.1. The van der Waals surface area contributed by atoms with Gasteiger partial charge >= 0.3 is 0 Å². The molecule has 2 nitrogen and oxygen atoms in total. The number of aliphatic hydroxyl groups is 1. The number of Topliss-reactive ketones (excluding diaryl/α,β-unsaturated/α-hetero) is 1. The first kappa shape index (κ1) is 20.9. The van der Waals surface area contributed by atoms with Crippen LogP contribution in [0.15, 0.2) is 77.9 Å². The highest BCUT2D eigenvalue weighted by Gasteiger charge is 2.22. The van der Waals surface area contributed by atoms with E-state index >= 15 is 0 Å². The van der Waals surface area contributed by atoms with E-state index in [0.717, 1.165) is 0 Å². The van der Waals surface area contributed by atoms with Crippen LogP contribution >= 0.6 is 0 Å². The zero-order valence-corrected chi connectivity index (χ0v) is 18.2. The first-order valence-electron chi connectivity index (χ1n) is 10.1. The number of carbonyl (C=O) groups excluding carboxylic acids is 1. The predicted octanol–water partition coefficient (Wildman–Crippen LogP) is 6.93. The fraction of sp³-hybridized carbons (Fsp3) is 0.296. The molecule has 2 aromatic rings. The Balaban J connectivity index is 1.90. The minimum atomic E-state index is -0.0803. The molecule has 0 amide bonds. The van der Waals surface area contributed by atoms with Gasteiger partial charge in [-0.2, -0.15) is 0 Å². The van der Waals surface area contributed by atoms with E-state index in [9.17, 15) is 9.90 Å². The van der Waals surface area contributed by atoms with Crippen molar-refractivity contribution in [2.24, 2.45) is 0 Å². The van der Waals surface area contributed by atoms with Crippen molar-refractivity contribution >= 4 is 11.5 Å². The Kier molecular flexibility index (Phi) is 5.40. The van der Waals surface area contributed by atoms with Gasteiger partial charge in [-0.15, -0.1) is 0 Å². The van der Waals surface area contributed by atoms with Crippen molar-refractivity contribution in [1.29, 1.82) is 0 Å². The van der Waals surface area contributed by atoms with Gasteiger partial charge in [-0.1, -0.05) is 108 Å². The summed E-state index contributed by atoms with van der Waals surface area (Å²) < 4.78 is 0. The minimum Gasteiger partial charge on any atom is -0.507 e. The van der Waals surface area contributed by atoms with Crippen LogP contribution in [0.5, 0.6) is 0 Å². The van der Waals surface area contributed by atoms with Crippen molar-refractivity contribution in [2.75, 3.05) is 0 Å². The minimum absolute atomic E-state index is 0.0400. The highest BCUT2D eigenvalue weighted by atomic mass is 16.3. The Morgan fingerprint density at radius 3 is 1.62 bits per heavy atom. The third-order valence-electron chi connectivity index (χ3n) is 5.35. The molecule has 1 aliphatic rings. The first-order chi connectivity index (χ1) is 13.5. The molecular formula is C27H30O2. The molecule has 3 rings (SSSR count). The van der Waals surface area contributed by atoms with Crippen LogP contribution in [0.25, 0.3) is 5.76 Å². The maximum atomic E-state index is 13.1. The molecule has 0 radical (unpaired) electrons. The molecule has 0 fully saturated rings. The molecule has 1 aliphatic carbocycles. The molecule has 0 bridgehead atoms. The van der Waals surface area contributed by atoms with Gasteiger partial charge < -0.3 is 5.11 Å². The van der Waals surface area contributed by atoms with E-state index in [0.29, 0.717) is 22.3 Å². The van der Waals surface area contributed by atoms with Crippen molar-refractivity contribution in [3.8, 4) is 0 Å². The number of ketones is 1. The number of allylic oxidation sites excluding steroid dienone is 5. The van der Waals surface area contributed by atoms with Crippen LogP contribution in [0.2, 0.25) is 0 Å². The number of benzene rings is 2. The number of rotatable bonds is 3. The van der Waals surface area contributed by atoms with Gasteiger partial charge in [0.1, 0.15) is 5.76 Å². The van der Waals surface area contributed by atoms with E-state index < -0.39 is 0 Å². The fourth-order valence-electron chi connectivity index (χ4n) is 3.39. The summed E-state index contributed by atoms with van der Waals surface area (Å²) in [6.45, 7) is 12.9. The van der Waals surface area contributed by atoms with E-state index in [4.69, 9.17) is 0 Å². The van der Waals surface area contributed by atoms with Crippen LogP contribution in [0, 0.1) is 0 Å². The monoisotopic (exact) mass is 386 g/mol. The molecule has 0 heterocycles. The van der Waals surface area contributed by atoms with Crippen molar-refractivity contribution in [1.82, 2.24) is 0 Å². The molecule has 150 valence electrons. The average Bonchev–Trinajstić information content (AvgIpc) is 3.15. The molecule has 0 saturated carbocycles. The van der Waals surface area contributed by atoms with Crippen LogP contribution < -0.4 is 0 Å². The van der Waals surface area contributed by atoms with E-state index in [-0.39, 0.29) is 22.4 Å². The Morgan fingerprint density at radius 1 is 0.724 bits per heavy atom. The van der Waals surface area contributed by atoms with Crippen LogP contribution in [0.3, 0.4) is 0 Å². The van der Waals surface area contributed by atoms with Gasteiger partial charge in [0.2, 0.25) is 0 Å². The molecule has 0 unspecified atom stereocenters. The lowest BCUT2D eigenvalue weighted by atomic mass is 9.85. The van der Waals surface area contributed by atoms with Gasteiger partial charge in [-0.05, 0) is 22.0 Å². The second kappa shape index (κ2) is 7.51. The third kappa shape index (κ3) is 4.42. The van der Waals surface area contributed by atoms with Gasteiger partial charge in [-0.25, -0.2) is 0 Å². The molecule has 0 atom stereocenters. The van der Waals surface area contributed by atoms with Crippen molar-refractivity contribution in [2.45, 2.75) is 52.4 Å². The lowest BCUT2D eigenvalue weighted by Crippen LogP contribution is -2.12. The van der Waals surface area contributed by atoms with E-state index in [2.05, 4.69) is 41.5 Å². The molecule has 0 spiro atoms. The van der Waals surface area contributed by atoms with Gasteiger partial charge in [0.15, 0.2) is 5.78 Å². The van der Waals surface area contributed by atoms with Crippen LogP contribution in [0.4, 0.5) is 0 Å². The van der Waals surface area contributed by atoms with Crippen molar-refractivity contribution in [3.63, 3.8) is 0 Å². The van der Waals surface area contributed by atoms with E-state index in [1.165, 1.54) is 11.1 Å². The molecule has 0 saturated heterocycles. The maximum Gasteiger partial charge on any atom is 0.193 e. The van der Waals surface area contributed by atoms with Gasteiger partial charge in [0.05, 0.1) is 0 Å². The standard InChI is InChI=1S/C27H30O2/c1-26(2,3)20-14-10-18(11-15-20)24(28)22-8-7-9-23(22)25(29)19-12-16-21(17-13-19)27(4,5)6/h7-17,28H,1-6H3/b24-22-. The van der Waals surface area contributed by atoms with Crippen molar-refractivity contribution in [3.05, 3.63) is 100 Å². The van der Waals surface area contributed by atoms with Crippen LogP contribution in [-0.4, -0.2) is 10.9 Å². The Morgan fingerprint density at radius 2 is 1.17 bits per heavy atom. The summed E-state index contributed by atoms with van der Waals surface area (Å²) in [7, 11) is 0. The number of carbonyl (C=O) groups is 1. The SMILES string of the molecule is CC(C)(C)c1ccc(C(=O)C2=CC=C/C2=C(/O)c2ccc(C(C)(C)C)cc2)cc1. The van der Waals surface area contributed by atoms with Gasteiger partial charge in [-0.3, -0.25) is 4.79 Å². The fourth-order valence-corrected chi connectivity index (χ4v) is 3.39. The lowest BCUT2D eigenvalue weighted by Gasteiger charge is -2.19. The molecule has 29 heavy (non-hydrogen) atoms. The van der Waals surface area contributed by atoms with E-state index in [1.807, 2.05) is 54.6 Å². The Hall–Kier alpha value is -2.87. The Labute approximate surface area is 174 Å². The molecule has 1 N–H and O–H groups in total. The second-order valence-electron chi connectivity index (χ2n) is 9.69. The summed E-state index contributed by atoms with van der Waals surface area (Å²) >= 11 is 0. The van der Waals surface area contributed by atoms with Gasteiger partial charge in [0, 0.05) is 22.3 Å². The van der Waals surface area contributed by atoms with Crippen LogP contribution in [0.1, 0.15) is 68.6 Å². The normalized spacial score (nSPS) is 16.0. The lowest BCUT2D eigenvalue weighted by molar-refractivity contribution is 0.103. The summed E-state index contributed by atoms with van der Waals surface area (Å²) in [6, 6.07) is 15.6. The number of hydrogen-bond acceptors (Lipinski definition) is 2. The number of aliphatic hydroxyl groups excluding tert-OH is 1. The molecule has 2 heteroatoms. The maximum absolute atomic E-state index is 13.1.